The maximum atomic E-state index is 11.8. The Balaban J connectivity index is 1.91. The standard InChI is InChI=1S/C18H34N4O/c1-4-16(23)22-12-9-15(13-22)21-17(19-6-3)20-14-18(5-2)10-7-8-11-18/h15H,4-14H2,1-3H3,(H2,19,20,21). The van der Waals surface area contributed by atoms with E-state index >= 15 is 0 Å². The van der Waals surface area contributed by atoms with Gasteiger partial charge in [-0.1, -0.05) is 26.7 Å². The second kappa shape index (κ2) is 8.55. The van der Waals surface area contributed by atoms with E-state index in [0.29, 0.717) is 17.9 Å². The van der Waals surface area contributed by atoms with Crippen LogP contribution in [0.5, 0.6) is 0 Å². The number of hydrogen-bond acceptors (Lipinski definition) is 2. The Morgan fingerprint density at radius 2 is 2.00 bits per heavy atom. The molecule has 0 radical (unpaired) electrons. The summed E-state index contributed by atoms with van der Waals surface area (Å²) in [7, 11) is 0. The molecule has 1 aliphatic heterocycles. The third-order valence-electron chi connectivity index (χ3n) is 5.52. The molecule has 0 bridgehead atoms. The van der Waals surface area contributed by atoms with Crippen LogP contribution in [0, 0.1) is 5.41 Å². The van der Waals surface area contributed by atoms with Gasteiger partial charge in [0.15, 0.2) is 5.96 Å². The molecule has 1 aliphatic carbocycles. The lowest BCUT2D eigenvalue weighted by Gasteiger charge is -2.26. The number of amides is 1. The van der Waals surface area contributed by atoms with Gasteiger partial charge >= 0.3 is 0 Å². The molecule has 1 atom stereocenters. The average Bonchev–Trinajstić information content (AvgIpc) is 3.22. The van der Waals surface area contributed by atoms with E-state index in [-0.39, 0.29) is 5.91 Å². The van der Waals surface area contributed by atoms with Crippen molar-refractivity contribution >= 4 is 11.9 Å². The summed E-state index contributed by atoms with van der Waals surface area (Å²) < 4.78 is 0. The monoisotopic (exact) mass is 322 g/mol. The second-order valence-electron chi connectivity index (χ2n) is 7.08. The van der Waals surface area contributed by atoms with Crippen LogP contribution in [-0.4, -0.2) is 49.0 Å². The van der Waals surface area contributed by atoms with Crippen LogP contribution in [0.4, 0.5) is 0 Å². The molecular formula is C18H34N4O. The average molecular weight is 322 g/mol. The highest BCUT2D eigenvalue weighted by Crippen LogP contribution is 2.41. The normalized spacial score (nSPS) is 24.0. The lowest BCUT2D eigenvalue weighted by Crippen LogP contribution is -2.45. The summed E-state index contributed by atoms with van der Waals surface area (Å²) in [4.78, 5) is 18.7. The number of carbonyl (C=O) groups excluding carboxylic acids is 1. The van der Waals surface area contributed by atoms with E-state index in [1.54, 1.807) is 0 Å². The van der Waals surface area contributed by atoms with Crippen molar-refractivity contribution in [3.8, 4) is 0 Å². The summed E-state index contributed by atoms with van der Waals surface area (Å²) in [5.41, 5.74) is 0.419. The van der Waals surface area contributed by atoms with Crippen molar-refractivity contribution in [2.24, 2.45) is 10.4 Å². The number of nitrogens with zero attached hydrogens (tertiary/aromatic N) is 2. The fourth-order valence-corrected chi connectivity index (χ4v) is 3.84. The summed E-state index contributed by atoms with van der Waals surface area (Å²) >= 11 is 0. The maximum absolute atomic E-state index is 11.8. The topological polar surface area (TPSA) is 56.7 Å². The number of nitrogens with one attached hydrogen (secondary N) is 2. The fourth-order valence-electron chi connectivity index (χ4n) is 3.84. The molecule has 0 aromatic heterocycles. The number of hydrogen-bond donors (Lipinski definition) is 2. The SMILES string of the molecule is CCNC(=NCC1(CC)CCCC1)NC1CCN(C(=O)CC)C1. The first-order valence-corrected chi connectivity index (χ1v) is 9.45. The second-order valence-corrected chi connectivity index (χ2v) is 7.08. The van der Waals surface area contributed by atoms with E-state index in [1.807, 2.05) is 11.8 Å². The zero-order valence-electron chi connectivity index (χ0n) is 15.2. The molecule has 1 heterocycles. The molecule has 1 saturated heterocycles. The molecule has 1 unspecified atom stereocenters. The number of aliphatic imine (C=N–C) groups is 1. The van der Waals surface area contributed by atoms with Crippen LogP contribution in [0.1, 0.15) is 65.7 Å². The zero-order chi connectivity index (χ0) is 16.7. The van der Waals surface area contributed by atoms with E-state index in [1.165, 1.54) is 32.1 Å². The molecule has 1 amide bonds. The lowest BCUT2D eigenvalue weighted by molar-refractivity contribution is -0.129. The Kier molecular flexibility index (Phi) is 6.72. The van der Waals surface area contributed by atoms with Gasteiger partial charge in [-0.3, -0.25) is 9.79 Å². The largest absolute Gasteiger partial charge is 0.357 e. The number of guanidine groups is 1. The van der Waals surface area contributed by atoms with E-state index < -0.39 is 0 Å². The molecule has 5 nitrogen and oxygen atoms in total. The maximum Gasteiger partial charge on any atom is 0.222 e. The van der Waals surface area contributed by atoms with Gasteiger partial charge in [0.05, 0.1) is 0 Å². The predicted molar refractivity (Wildman–Crippen MR) is 95.6 cm³/mol. The molecule has 2 rings (SSSR count). The molecule has 2 fully saturated rings. The molecular weight excluding hydrogens is 288 g/mol. The van der Waals surface area contributed by atoms with Gasteiger partial charge in [-0.2, -0.15) is 0 Å². The fraction of sp³-hybridized carbons (Fsp3) is 0.889. The van der Waals surface area contributed by atoms with E-state index in [0.717, 1.165) is 38.6 Å². The van der Waals surface area contributed by atoms with Gasteiger partial charge < -0.3 is 15.5 Å². The summed E-state index contributed by atoms with van der Waals surface area (Å²) in [6, 6.07) is 0.324. The molecule has 2 aliphatic rings. The predicted octanol–water partition coefficient (Wildman–Crippen LogP) is 2.52. The van der Waals surface area contributed by atoms with Gasteiger partial charge in [0.25, 0.3) is 0 Å². The van der Waals surface area contributed by atoms with Crippen LogP contribution in [0.15, 0.2) is 4.99 Å². The van der Waals surface area contributed by atoms with E-state index in [9.17, 15) is 4.79 Å². The van der Waals surface area contributed by atoms with E-state index in [2.05, 4.69) is 24.5 Å². The van der Waals surface area contributed by atoms with Crippen LogP contribution in [0.3, 0.4) is 0 Å². The minimum atomic E-state index is 0.257. The highest BCUT2D eigenvalue weighted by atomic mass is 16.2. The van der Waals surface area contributed by atoms with Gasteiger partial charge in [-0.15, -0.1) is 0 Å². The van der Waals surface area contributed by atoms with Crippen LogP contribution in [0.25, 0.3) is 0 Å². The molecule has 132 valence electrons. The highest BCUT2D eigenvalue weighted by Gasteiger charge is 2.32. The quantitative estimate of drug-likeness (QED) is 0.583. The van der Waals surface area contributed by atoms with E-state index in [4.69, 9.17) is 4.99 Å². The van der Waals surface area contributed by atoms with Crippen molar-refractivity contribution in [3.05, 3.63) is 0 Å². The highest BCUT2D eigenvalue weighted by molar-refractivity contribution is 5.80. The van der Waals surface area contributed by atoms with Crippen molar-refractivity contribution in [2.45, 2.75) is 71.8 Å². The minimum absolute atomic E-state index is 0.257. The molecule has 0 aromatic rings. The van der Waals surface area contributed by atoms with Crippen molar-refractivity contribution in [3.63, 3.8) is 0 Å². The Morgan fingerprint density at radius 3 is 2.61 bits per heavy atom. The zero-order valence-corrected chi connectivity index (χ0v) is 15.2. The minimum Gasteiger partial charge on any atom is -0.357 e. The van der Waals surface area contributed by atoms with Gasteiger partial charge in [0.2, 0.25) is 5.91 Å². The van der Waals surface area contributed by atoms with Crippen molar-refractivity contribution in [1.29, 1.82) is 0 Å². The Bertz CT molecular complexity index is 415. The summed E-state index contributed by atoms with van der Waals surface area (Å²) in [5.74, 6) is 1.18. The first kappa shape index (κ1) is 18.1. The Morgan fingerprint density at radius 1 is 1.26 bits per heavy atom. The van der Waals surface area contributed by atoms with Gasteiger partial charge in [0, 0.05) is 38.6 Å². The van der Waals surface area contributed by atoms with Crippen molar-refractivity contribution in [2.75, 3.05) is 26.2 Å². The summed E-state index contributed by atoms with van der Waals surface area (Å²) in [6.45, 7) is 9.79. The van der Waals surface area contributed by atoms with Crippen LogP contribution < -0.4 is 10.6 Å². The molecule has 0 aromatic carbocycles. The van der Waals surface area contributed by atoms with Crippen molar-refractivity contribution in [1.82, 2.24) is 15.5 Å². The first-order valence-electron chi connectivity index (χ1n) is 9.45. The van der Waals surface area contributed by atoms with Crippen LogP contribution in [-0.2, 0) is 4.79 Å². The first-order chi connectivity index (χ1) is 11.1. The number of likely N-dealkylation sites (tertiary alicyclic amines) is 1. The number of carbonyl (C=O) groups is 1. The molecule has 1 saturated carbocycles. The Hall–Kier alpha value is -1.26. The smallest absolute Gasteiger partial charge is 0.222 e. The summed E-state index contributed by atoms with van der Waals surface area (Å²) in [5, 5.41) is 6.90. The number of rotatable bonds is 6. The van der Waals surface area contributed by atoms with Gasteiger partial charge in [-0.25, -0.2) is 0 Å². The lowest BCUT2D eigenvalue weighted by atomic mass is 9.84. The van der Waals surface area contributed by atoms with Crippen LogP contribution in [0.2, 0.25) is 0 Å². The molecule has 23 heavy (non-hydrogen) atoms. The molecule has 5 heteroatoms. The third kappa shape index (κ3) is 4.85. The van der Waals surface area contributed by atoms with Crippen molar-refractivity contribution < 1.29 is 4.79 Å². The van der Waals surface area contributed by atoms with Gasteiger partial charge in [0.1, 0.15) is 0 Å². The van der Waals surface area contributed by atoms with Crippen LogP contribution >= 0.6 is 0 Å². The van der Waals surface area contributed by atoms with Gasteiger partial charge in [-0.05, 0) is 38.0 Å². The molecule has 0 spiro atoms. The third-order valence-corrected chi connectivity index (χ3v) is 5.52. The summed E-state index contributed by atoms with van der Waals surface area (Å²) in [6.07, 6.45) is 8.16. The Labute approximate surface area is 141 Å². The molecule has 2 N–H and O–H groups in total.